The van der Waals surface area contributed by atoms with Crippen LogP contribution in [-0.2, 0) is 13.1 Å². The summed E-state index contributed by atoms with van der Waals surface area (Å²) in [6.45, 7) is 0.625. The molecule has 0 saturated carbocycles. The zero-order valence-corrected chi connectivity index (χ0v) is 10.5. The third kappa shape index (κ3) is 3.29. The van der Waals surface area contributed by atoms with Gasteiger partial charge in [0, 0.05) is 30.4 Å². The molecule has 2 N–H and O–H groups in total. The minimum Gasteiger partial charge on any atom is -0.394 e. The van der Waals surface area contributed by atoms with E-state index in [1.807, 2.05) is 0 Å². The van der Waals surface area contributed by atoms with Crippen molar-refractivity contribution in [2.24, 2.45) is 0 Å². The van der Waals surface area contributed by atoms with Gasteiger partial charge < -0.3 is 10.4 Å². The van der Waals surface area contributed by atoms with E-state index in [1.54, 1.807) is 17.1 Å². The Morgan fingerprint density at radius 2 is 2.30 bits per heavy atom. The highest BCUT2D eigenvalue weighted by Crippen LogP contribution is 2.25. The lowest BCUT2D eigenvalue weighted by molar-refractivity contribution is -0.384. The predicted molar refractivity (Wildman–Crippen MR) is 69.7 cm³/mol. The number of nitro benzene ring substituents is 1. The van der Waals surface area contributed by atoms with Crippen molar-refractivity contribution in [3.8, 4) is 0 Å². The van der Waals surface area contributed by atoms with E-state index in [0.717, 1.165) is 23.8 Å². The molecule has 0 amide bonds. The van der Waals surface area contributed by atoms with E-state index in [0.29, 0.717) is 6.54 Å². The lowest BCUT2D eigenvalue weighted by Gasteiger charge is -2.05. The maximum absolute atomic E-state index is 13.1. The molecular weight excluding hydrogens is 267 g/mol. The molecule has 0 fully saturated rings. The van der Waals surface area contributed by atoms with Crippen LogP contribution in [0, 0.1) is 15.9 Å². The van der Waals surface area contributed by atoms with Gasteiger partial charge in [0.2, 0.25) is 0 Å². The van der Waals surface area contributed by atoms with Crippen LogP contribution >= 0.6 is 0 Å². The van der Waals surface area contributed by atoms with E-state index in [2.05, 4.69) is 10.4 Å². The molecule has 20 heavy (non-hydrogen) atoms. The van der Waals surface area contributed by atoms with E-state index < -0.39 is 10.7 Å². The first kappa shape index (κ1) is 13.9. The highest BCUT2D eigenvalue weighted by Gasteiger charge is 2.14. The Morgan fingerprint density at radius 3 is 3.00 bits per heavy atom. The maximum Gasteiger partial charge on any atom is 0.292 e. The van der Waals surface area contributed by atoms with E-state index in [4.69, 9.17) is 5.11 Å². The number of nitrogens with one attached hydrogen (secondary N) is 1. The first-order valence-electron chi connectivity index (χ1n) is 5.90. The Labute approximate surface area is 113 Å². The average molecular weight is 280 g/mol. The van der Waals surface area contributed by atoms with Gasteiger partial charge in [-0.3, -0.25) is 14.8 Å². The molecule has 8 heteroatoms. The highest BCUT2D eigenvalue weighted by molar-refractivity contribution is 5.61. The summed E-state index contributed by atoms with van der Waals surface area (Å²) in [5.41, 5.74) is 0.705. The summed E-state index contributed by atoms with van der Waals surface area (Å²) in [4.78, 5) is 10.3. The largest absolute Gasteiger partial charge is 0.394 e. The normalized spacial score (nSPS) is 10.5. The average Bonchev–Trinajstić information content (AvgIpc) is 2.84. The molecule has 2 aromatic rings. The van der Waals surface area contributed by atoms with Gasteiger partial charge in [-0.2, -0.15) is 5.10 Å². The number of halogens is 1. The van der Waals surface area contributed by atoms with Gasteiger partial charge in [0.1, 0.15) is 11.5 Å². The summed E-state index contributed by atoms with van der Waals surface area (Å²) in [5.74, 6) is -0.547. The Kier molecular flexibility index (Phi) is 4.26. The van der Waals surface area contributed by atoms with Gasteiger partial charge in [-0.1, -0.05) is 0 Å². The summed E-state index contributed by atoms with van der Waals surface area (Å²) in [6, 6.07) is 3.24. The molecular formula is C12H13FN4O3. The Bertz CT molecular complexity index is 614. The summed E-state index contributed by atoms with van der Waals surface area (Å²) >= 11 is 0. The van der Waals surface area contributed by atoms with Crippen LogP contribution in [0.1, 0.15) is 5.56 Å². The highest BCUT2D eigenvalue weighted by atomic mass is 19.1. The molecule has 1 heterocycles. The first-order chi connectivity index (χ1) is 9.60. The fourth-order valence-corrected chi connectivity index (χ4v) is 1.73. The number of aromatic nitrogens is 2. The van der Waals surface area contributed by atoms with Gasteiger partial charge in [0.25, 0.3) is 5.69 Å². The van der Waals surface area contributed by atoms with Crippen LogP contribution in [0.2, 0.25) is 0 Å². The van der Waals surface area contributed by atoms with Crippen LogP contribution < -0.4 is 5.32 Å². The second-order valence-corrected chi connectivity index (χ2v) is 4.11. The molecule has 1 aromatic carbocycles. The summed E-state index contributed by atoms with van der Waals surface area (Å²) in [5, 5.41) is 26.4. The Morgan fingerprint density at radius 1 is 1.50 bits per heavy atom. The van der Waals surface area contributed by atoms with Crippen LogP contribution in [-0.4, -0.2) is 26.4 Å². The number of hydrogen-bond donors (Lipinski definition) is 2. The summed E-state index contributed by atoms with van der Waals surface area (Å²) in [7, 11) is 0. The zero-order valence-electron chi connectivity index (χ0n) is 10.5. The van der Waals surface area contributed by atoms with E-state index in [1.165, 1.54) is 0 Å². The second-order valence-electron chi connectivity index (χ2n) is 4.11. The lowest BCUT2D eigenvalue weighted by atomic mass is 10.2. The summed E-state index contributed by atoms with van der Waals surface area (Å²) in [6.07, 6.45) is 3.28. The van der Waals surface area contributed by atoms with Gasteiger partial charge in [0.15, 0.2) is 0 Å². The molecule has 0 unspecified atom stereocenters. The van der Waals surface area contributed by atoms with Crippen LogP contribution in [0.3, 0.4) is 0 Å². The maximum atomic E-state index is 13.1. The summed E-state index contributed by atoms with van der Waals surface area (Å²) < 4.78 is 14.7. The SMILES string of the molecule is O=[N+]([O-])c1ccc(F)cc1NCc1cnn(CCO)c1. The van der Waals surface area contributed by atoms with Crippen molar-refractivity contribution in [3.63, 3.8) is 0 Å². The number of aliphatic hydroxyl groups is 1. The molecule has 2 rings (SSSR count). The van der Waals surface area contributed by atoms with E-state index in [9.17, 15) is 14.5 Å². The van der Waals surface area contributed by atoms with Crippen molar-refractivity contribution >= 4 is 11.4 Å². The molecule has 106 valence electrons. The van der Waals surface area contributed by atoms with Gasteiger partial charge >= 0.3 is 0 Å². The van der Waals surface area contributed by atoms with Crippen molar-refractivity contribution < 1.29 is 14.4 Å². The number of rotatable bonds is 6. The molecule has 0 atom stereocenters. The molecule has 0 aliphatic rings. The molecule has 0 radical (unpaired) electrons. The van der Waals surface area contributed by atoms with Crippen molar-refractivity contribution in [2.45, 2.75) is 13.1 Å². The third-order valence-corrected chi connectivity index (χ3v) is 2.65. The molecule has 0 aliphatic heterocycles. The van der Waals surface area contributed by atoms with E-state index >= 15 is 0 Å². The molecule has 0 bridgehead atoms. The monoisotopic (exact) mass is 280 g/mol. The van der Waals surface area contributed by atoms with Gasteiger partial charge in [-0.05, 0) is 6.07 Å². The first-order valence-corrected chi connectivity index (χ1v) is 5.90. The Balaban J connectivity index is 2.09. The number of hydrogen-bond acceptors (Lipinski definition) is 5. The van der Waals surface area contributed by atoms with Gasteiger partial charge in [-0.15, -0.1) is 0 Å². The number of benzene rings is 1. The topological polar surface area (TPSA) is 93.2 Å². The molecule has 0 aliphatic carbocycles. The number of aliphatic hydroxyl groups excluding tert-OH is 1. The molecule has 0 spiro atoms. The quantitative estimate of drug-likeness (QED) is 0.618. The third-order valence-electron chi connectivity index (χ3n) is 2.65. The van der Waals surface area contributed by atoms with Gasteiger partial charge in [0.05, 0.1) is 24.3 Å². The standard InChI is InChI=1S/C12H13FN4O3/c13-10-1-2-12(17(19)20)11(5-10)14-6-9-7-15-16(8-9)3-4-18/h1-2,5,7-8,14,18H,3-4,6H2. The molecule has 0 saturated heterocycles. The second kappa shape index (κ2) is 6.11. The Hall–Kier alpha value is -2.48. The predicted octanol–water partition coefficient (Wildman–Crippen LogP) is 1.53. The van der Waals surface area contributed by atoms with Crippen LogP contribution in [0.25, 0.3) is 0 Å². The van der Waals surface area contributed by atoms with Crippen molar-refractivity contribution in [2.75, 3.05) is 11.9 Å². The van der Waals surface area contributed by atoms with Crippen LogP contribution in [0.5, 0.6) is 0 Å². The fraction of sp³-hybridized carbons (Fsp3) is 0.250. The smallest absolute Gasteiger partial charge is 0.292 e. The molecule has 1 aromatic heterocycles. The van der Waals surface area contributed by atoms with Crippen molar-refractivity contribution in [3.05, 3.63) is 52.1 Å². The van der Waals surface area contributed by atoms with Crippen molar-refractivity contribution in [1.82, 2.24) is 9.78 Å². The van der Waals surface area contributed by atoms with Crippen molar-refractivity contribution in [1.29, 1.82) is 0 Å². The van der Waals surface area contributed by atoms with Crippen LogP contribution in [0.4, 0.5) is 15.8 Å². The number of nitrogens with zero attached hydrogens (tertiary/aromatic N) is 3. The fourth-order valence-electron chi connectivity index (χ4n) is 1.73. The van der Waals surface area contributed by atoms with Crippen LogP contribution in [0.15, 0.2) is 30.6 Å². The zero-order chi connectivity index (χ0) is 14.5. The number of nitro groups is 1. The minimum atomic E-state index is -0.572. The number of anilines is 1. The molecule has 7 nitrogen and oxygen atoms in total. The van der Waals surface area contributed by atoms with Gasteiger partial charge in [-0.25, -0.2) is 4.39 Å². The lowest BCUT2D eigenvalue weighted by Crippen LogP contribution is -2.03. The van der Waals surface area contributed by atoms with E-state index in [-0.39, 0.29) is 24.5 Å². The minimum absolute atomic E-state index is 0.0239.